The highest BCUT2D eigenvalue weighted by Gasteiger charge is 2.09. The van der Waals surface area contributed by atoms with Gasteiger partial charge in [-0.2, -0.15) is 0 Å². The van der Waals surface area contributed by atoms with Crippen molar-refractivity contribution in [2.75, 3.05) is 7.11 Å². The Morgan fingerprint density at radius 2 is 1.91 bits per heavy atom. The number of ether oxygens (including phenoxy) is 1. The first kappa shape index (κ1) is 18.9. The van der Waals surface area contributed by atoms with E-state index in [2.05, 4.69) is 5.32 Å². The third-order valence-electron chi connectivity index (χ3n) is 3.53. The van der Waals surface area contributed by atoms with Crippen molar-refractivity contribution < 1.29 is 13.9 Å². The van der Waals surface area contributed by atoms with Crippen molar-refractivity contribution in [2.45, 2.75) is 19.5 Å². The minimum absolute atomic E-state index is 0. The van der Waals surface area contributed by atoms with Crippen molar-refractivity contribution in [3.8, 4) is 5.75 Å². The van der Waals surface area contributed by atoms with Gasteiger partial charge in [-0.15, -0.1) is 12.4 Å². The van der Waals surface area contributed by atoms with Crippen LogP contribution >= 0.6 is 12.4 Å². The summed E-state index contributed by atoms with van der Waals surface area (Å²) in [6.45, 7) is 2.56. The van der Waals surface area contributed by atoms with Gasteiger partial charge in [-0.3, -0.25) is 4.79 Å². The number of carbonyl (C=O) groups is 1. The van der Waals surface area contributed by atoms with E-state index in [4.69, 9.17) is 10.5 Å². The van der Waals surface area contributed by atoms with Crippen LogP contribution in [-0.4, -0.2) is 13.0 Å². The van der Waals surface area contributed by atoms with Crippen LogP contribution in [0.4, 0.5) is 4.39 Å². The molecule has 0 bridgehead atoms. The zero-order valence-corrected chi connectivity index (χ0v) is 13.8. The number of rotatable bonds is 6. The van der Waals surface area contributed by atoms with Gasteiger partial charge in [0.25, 0.3) is 0 Å². The summed E-state index contributed by atoms with van der Waals surface area (Å²) in [5, 5.41) is 3.30. The molecule has 0 saturated heterocycles. The third-order valence-corrected chi connectivity index (χ3v) is 3.53. The fourth-order valence-corrected chi connectivity index (χ4v) is 2.13. The molecular formula is C17H20ClFN2O2. The fraction of sp³-hybridized carbons (Fsp3) is 0.235. The molecule has 1 atom stereocenters. The zero-order chi connectivity index (χ0) is 16.1. The summed E-state index contributed by atoms with van der Waals surface area (Å²) in [5.74, 6) is -0.584. The van der Waals surface area contributed by atoms with Crippen molar-refractivity contribution in [2.24, 2.45) is 5.73 Å². The van der Waals surface area contributed by atoms with Gasteiger partial charge in [0.15, 0.2) is 11.6 Å². The summed E-state index contributed by atoms with van der Waals surface area (Å²) in [7, 11) is 1.44. The van der Waals surface area contributed by atoms with E-state index in [0.717, 1.165) is 11.1 Å². The van der Waals surface area contributed by atoms with E-state index in [0.29, 0.717) is 12.1 Å². The lowest BCUT2D eigenvalue weighted by Gasteiger charge is -2.15. The number of nitrogens with two attached hydrogens (primary N) is 1. The number of amides is 1. The van der Waals surface area contributed by atoms with E-state index < -0.39 is 5.91 Å². The fourth-order valence-electron chi connectivity index (χ4n) is 2.13. The van der Waals surface area contributed by atoms with E-state index in [1.807, 2.05) is 25.1 Å². The average Bonchev–Trinajstić information content (AvgIpc) is 2.52. The number of carbonyl (C=O) groups excluding carboxylic acids is 1. The highest BCUT2D eigenvalue weighted by molar-refractivity contribution is 5.92. The number of methoxy groups -OCH3 is 1. The molecule has 3 N–H and O–H groups in total. The Kier molecular flexibility index (Phi) is 7.00. The van der Waals surface area contributed by atoms with Gasteiger partial charge in [-0.1, -0.05) is 18.2 Å². The van der Waals surface area contributed by atoms with E-state index >= 15 is 0 Å². The summed E-state index contributed by atoms with van der Waals surface area (Å²) in [4.78, 5) is 11.0. The lowest BCUT2D eigenvalue weighted by molar-refractivity contribution is 0.100. The molecule has 2 aromatic rings. The second kappa shape index (κ2) is 8.50. The molecule has 0 aliphatic rings. The largest absolute Gasteiger partial charge is 0.494 e. The molecule has 0 aliphatic heterocycles. The van der Waals surface area contributed by atoms with Crippen molar-refractivity contribution in [1.82, 2.24) is 5.32 Å². The Hall–Kier alpha value is -2.11. The Bertz CT molecular complexity index is 662. The maximum Gasteiger partial charge on any atom is 0.248 e. The molecule has 2 aromatic carbocycles. The van der Waals surface area contributed by atoms with Crippen molar-refractivity contribution in [3.05, 3.63) is 65.0 Å². The van der Waals surface area contributed by atoms with Gasteiger partial charge < -0.3 is 15.8 Å². The van der Waals surface area contributed by atoms with Gasteiger partial charge in [0, 0.05) is 18.2 Å². The lowest BCUT2D eigenvalue weighted by Crippen LogP contribution is -2.18. The molecule has 0 saturated carbocycles. The van der Waals surface area contributed by atoms with Crippen molar-refractivity contribution >= 4 is 18.3 Å². The standard InChI is InChI=1S/C17H19FN2O2.ClH/c1-11(14-7-8-16(22-2)15(18)9-14)20-10-12-3-5-13(6-4-12)17(19)21;/h3-9,11,20H,10H2,1-2H3,(H2,19,21);1H. The summed E-state index contributed by atoms with van der Waals surface area (Å²) < 4.78 is 18.6. The Morgan fingerprint density at radius 3 is 2.43 bits per heavy atom. The van der Waals surface area contributed by atoms with Crippen molar-refractivity contribution in [1.29, 1.82) is 0 Å². The minimum atomic E-state index is -0.443. The van der Waals surface area contributed by atoms with Gasteiger partial charge in [-0.05, 0) is 42.3 Å². The van der Waals surface area contributed by atoms with E-state index in [1.165, 1.54) is 13.2 Å². The predicted molar refractivity (Wildman–Crippen MR) is 90.4 cm³/mol. The number of hydrogen-bond donors (Lipinski definition) is 2. The Balaban J connectivity index is 0.00000264. The quantitative estimate of drug-likeness (QED) is 0.850. The van der Waals surface area contributed by atoms with Crippen LogP contribution in [0.1, 0.15) is 34.5 Å². The topological polar surface area (TPSA) is 64.3 Å². The van der Waals surface area contributed by atoms with Gasteiger partial charge in [0.05, 0.1) is 7.11 Å². The first-order valence-corrected chi connectivity index (χ1v) is 6.97. The molecule has 4 nitrogen and oxygen atoms in total. The molecule has 1 unspecified atom stereocenters. The van der Waals surface area contributed by atoms with Gasteiger partial charge >= 0.3 is 0 Å². The van der Waals surface area contributed by atoms with Crippen LogP contribution < -0.4 is 15.8 Å². The maximum atomic E-state index is 13.7. The highest BCUT2D eigenvalue weighted by Crippen LogP contribution is 2.22. The van der Waals surface area contributed by atoms with Crippen LogP contribution in [0.25, 0.3) is 0 Å². The first-order chi connectivity index (χ1) is 10.5. The van der Waals surface area contributed by atoms with Crippen LogP contribution in [0.15, 0.2) is 42.5 Å². The second-order valence-electron chi connectivity index (χ2n) is 5.06. The van der Waals surface area contributed by atoms with E-state index in [1.54, 1.807) is 18.2 Å². The van der Waals surface area contributed by atoms with Crippen LogP contribution in [0.2, 0.25) is 0 Å². The molecule has 23 heavy (non-hydrogen) atoms. The molecule has 0 spiro atoms. The number of halogens is 2. The third kappa shape index (κ3) is 4.94. The predicted octanol–water partition coefficient (Wildman–Crippen LogP) is 3.21. The molecule has 2 rings (SSSR count). The number of primary amides is 1. The highest BCUT2D eigenvalue weighted by atomic mass is 35.5. The van der Waals surface area contributed by atoms with Crippen LogP contribution in [0.5, 0.6) is 5.75 Å². The molecule has 0 radical (unpaired) electrons. The number of hydrogen-bond acceptors (Lipinski definition) is 3. The van der Waals surface area contributed by atoms with E-state index in [9.17, 15) is 9.18 Å². The number of benzene rings is 2. The first-order valence-electron chi connectivity index (χ1n) is 6.97. The van der Waals surface area contributed by atoms with E-state index in [-0.39, 0.29) is 30.0 Å². The van der Waals surface area contributed by atoms with Crippen LogP contribution in [0.3, 0.4) is 0 Å². The summed E-state index contributed by atoms with van der Waals surface area (Å²) in [5.41, 5.74) is 7.54. The summed E-state index contributed by atoms with van der Waals surface area (Å²) in [6, 6.07) is 12.0. The lowest BCUT2D eigenvalue weighted by atomic mass is 10.1. The molecule has 1 amide bonds. The monoisotopic (exact) mass is 338 g/mol. The van der Waals surface area contributed by atoms with Gasteiger partial charge in [0.1, 0.15) is 0 Å². The number of nitrogens with one attached hydrogen (secondary N) is 1. The molecule has 0 heterocycles. The molecule has 0 fully saturated rings. The van der Waals surface area contributed by atoms with Gasteiger partial charge in [-0.25, -0.2) is 4.39 Å². The van der Waals surface area contributed by atoms with Crippen molar-refractivity contribution in [3.63, 3.8) is 0 Å². The summed E-state index contributed by atoms with van der Waals surface area (Å²) in [6.07, 6.45) is 0. The Morgan fingerprint density at radius 1 is 1.26 bits per heavy atom. The SMILES string of the molecule is COc1ccc(C(C)NCc2ccc(C(N)=O)cc2)cc1F.Cl. The summed E-state index contributed by atoms with van der Waals surface area (Å²) >= 11 is 0. The molecule has 6 heteroatoms. The maximum absolute atomic E-state index is 13.7. The van der Waals surface area contributed by atoms with Gasteiger partial charge in [0.2, 0.25) is 5.91 Å². The Labute approximate surface area is 141 Å². The molecule has 124 valence electrons. The average molecular weight is 339 g/mol. The van der Waals surface area contributed by atoms with Crippen LogP contribution in [0, 0.1) is 5.82 Å². The smallest absolute Gasteiger partial charge is 0.248 e. The zero-order valence-electron chi connectivity index (χ0n) is 13.0. The second-order valence-corrected chi connectivity index (χ2v) is 5.06. The van der Waals surface area contributed by atoms with Crippen LogP contribution in [-0.2, 0) is 6.54 Å². The molecular weight excluding hydrogens is 319 g/mol. The normalized spacial score (nSPS) is 11.4. The molecule has 0 aliphatic carbocycles. The molecule has 0 aromatic heterocycles. The minimum Gasteiger partial charge on any atom is -0.494 e.